The maximum Gasteiger partial charge on any atom is 0.268 e. The molecule has 4 rings (SSSR count). The number of nitrogens with one attached hydrogen (secondary N) is 2. The molecule has 0 atom stereocenters. The van der Waals surface area contributed by atoms with E-state index < -0.39 is 15.8 Å². The fraction of sp³-hybridized carbons (Fsp3) is 0.0909. The Hall–Kier alpha value is -2.29. The maximum absolute atomic E-state index is 13.4. The molecule has 0 saturated heterocycles. The first kappa shape index (κ1) is 24.4. The number of anilines is 2. The van der Waals surface area contributed by atoms with Crippen LogP contribution in [-0.2, 0) is 16.6 Å². The molecule has 0 unspecified atom stereocenters. The van der Waals surface area contributed by atoms with Gasteiger partial charge in [0.15, 0.2) is 0 Å². The second-order valence-corrected chi connectivity index (χ2v) is 9.58. The molecule has 1 aromatic heterocycles. The predicted molar refractivity (Wildman–Crippen MR) is 131 cm³/mol. The summed E-state index contributed by atoms with van der Waals surface area (Å²) in [5, 5.41) is 7.52. The van der Waals surface area contributed by atoms with Gasteiger partial charge in [-0.25, -0.2) is 16.8 Å². The quantitative estimate of drug-likeness (QED) is 0.321. The summed E-state index contributed by atoms with van der Waals surface area (Å²) in [6, 6.07) is 15.5. The summed E-state index contributed by atoms with van der Waals surface area (Å²) in [6.07, 6.45) is 1.60. The molecule has 0 aliphatic heterocycles. The Labute approximate surface area is 201 Å². The van der Waals surface area contributed by atoms with Crippen LogP contribution in [-0.4, -0.2) is 19.4 Å². The van der Waals surface area contributed by atoms with Crippen LogP contribution in [0, 0.1) is 5.82 Å². The van der Waals surface area contributed by atoms with Crippen LogP contribution in [0.25, 0.3) is 10.9 Å². The number of aromatic nitrogens is 1. The van der Waals surface area contributed by atoms with Gasteiger partial charge in [-0.15, -0.1) is 12.4 Å². The van der Waals surface area contributed by atoms with Gasteiger partial charge < -0.3 is 10.6 Å². The summed E-state index contributed by atoms with van der Waals surface area (Å²) in [4.78, 5) is 0.0906. The van der Waals surface area contributed by atoms with Gasteiger partial charge in [-0.3, -0.25) is 0 Å². The van der Waals surface area contributed by atoms with Crippen LogP contribution < -0.4 is 10.6 Å². The Bertz CT molecular complexity index is 1390. The lowest BCUT2D eigenvalue weighted by atomic mass is 10.1. The van der Waals surface area contributed by atoms with Crippen molar-refractivity contribution in [1.82, 2.24) is 9.29 Å². The molecule has 0 radical (unpaired) electrons. The number of benzene rings is 3. The molecule has 10 heteroatoms. The maximum atomic E-state index is 13.4. The summed E-state index contributed by atoms with van der Waals surface area (Å²) in [5.41, 5.74) is 2.44. The molecule has 2 N–H and O–H groups in total. The lowest BCUT2D eigenvalue weighted by molar-refractivity contribution is 0.589. The zero-order chi connectivity index (χ0) is 22.2. The highest BCUT2D eigenvalue weighted by molar-refractivity contribution is 7.90. The number of rotatable bonds is 6. The summed E-state index contributed by atoms with van der Waals surface area (Å²) >= 11 is 12.1. The van der Waals surface area contributed by atoms with Gasteiger partial charge in [0.1, 0.15) is 5.82 Å². The number of hydrogen-bond donors (Lipinski definition) is 2. The molecule has 1 heterocycles. The van der Waals surface area contributed by atoms with E-state index in [0.29, 0.717) is 28.5 Å². The number of hydrogen-bond acceptors (Lipinski definition) is 4. The third-order valence-electron chi connectivity index (χ3n) is 4.78. The van der Waals surface area contributed by atoms with E-state index in [4.69, 9.17) is 23.2 Å². The topological polar surface area (TPSA) is 63.1 Å². The van der Waals surface area contributed by atoms with Crippen molar-refractivity contribution in [3.63, 3.8) is 0 Å². The van der Waals surface area contributed by atoms with Crippen LogP contribution in [0.1, 0.15) is 5.56 Å². The Morgan fingerprint density at radius 3 is 2.50 bits per heavy atom. The highest BCUT2D eigenvalue weighted by Crippen LogP contribution is 2.32. The minimum atomic E-state index is -3.89. The van der Waals surface area contributed by atoms with Crippen LogP contribution in [0.2, 0.25) is 10.0 Å². The largest absolute Gasteiger partial charge is 0.354 e. The van der Waals surface area contributed by atoms with Gasteiger partial charge in [0.05, 0.1) is 21.1 Å². The van der Waals surface area contributed by atoms with E-state index in [0.717, 1.165) is 10.9 Å². The number of nitrogens with zero attached hydrogens (tertiary/aromatic N) is 1. The second-order valence-electron chi connectivity index (χ2n) is 6.92. The highest BCUT2D eigenvalue weighted by atomic mass is 35.5. The highest BCUT2D eigenvalue weighted by Gasteiger charge is 2.22. The second kappa shape index (κ2) is 9.68. The summed E-state index contributed by atoms with van der Waals surface area (Å²) in [7, 11) is -2.10. The molecule has 32 heavy (non-hydrogen) atoms. The smallest absolute Gasteiger partial charge is 0.268 e. The van der Waals surface area contributed by atoms with E-state index in [1.807, 2.05) is 12.1 Å². The average Bonchev–Trinajstić information content (AvgIpc) is 3.09. The van der Waals surface area contributed by atoms with Crippen molar-refractivity contribution in [2.45, 2.75) is 11.4 Å². The van der Waals surface area contributed by atoms with E-state index in [9.17, 15) is 12.8 Å². The molecule has 0 fully saturated rings. The molecular weight excluding hydrogens is 496 g/mol. The third kappa shape index (κ3) is 4.72. The zero-order valence-electron chi connectivity index (χ0n) is 16.8. The number of halogens is 4. The fourth-order valence-electron chi connectivity index (χ4n) is 3.36. The minimum absolute atomic E-state index is 0. The van der Waals surface area contributed by atoms with Gasteiger partial charge in [-0.2, -0.15) is 0 Å². The van der Waals surface area contributed by atoms with Crippen LogP contribution in [0.4, 0.5) is 15.8 Å². The molecule has 0 saturated carbocycles. The van der Waals surface area contributed by atoms with E-state index in [1.165, 1.54) is 34.3 Å². The van der Waals surface area contributed by atoms with E-state index in [-0.39, 0.29) is 22.3 Å². The van der Waals surface area contributed by atoms with E-state index >= 15 is 0 Å². The zero-order valence-corrected chi connectivity index (χ0v) is 19.9. The summed E-state index contributed by atoms with van der Waals surface area (Å²) < 4.78 is 41.4. The van der Waals surface area contributed by atoms with Gasteiger partial charge >= 0.3 is 0 Å². The van der Waals surface area contributed by atoms with Crippen molar-refractivity contribution in [2.24, 2.45) is 0 Å². The summed E-state index contributed by atoms with van der Waals surface area (Å²) in [5.74, 6) is -0.441. The molecule has 0 bridgehead atoms. The molecule has 3 aromatic carbocycles. The van der Waals surface area contributed by atoms with Gasteiger partial charge in [-0.1, -0.05) is 35.3 Å². The molecule has 0 amide bonds. The Morgan fingerprint density at radius 1 is 1.03 bits per heavy atom. The van der Waals surface area contributed by atoms with Crippen molar-refractivity contribution in [3.05, 3.63) is 88.3 Å². The lowest BCUT2D eigenvalue weighted by Crippen LogP contribution is -2.12. The monoisotopic (exact) mass is 513 g/mol. The van der Waals surface area contributed by atoms with Gasteiger partial charge in [0, 0.05) is 28.8 Å². The molecule has 168 valence electrons. The molecule has 0 aliphatic rings. The fourth-order valence-corrected chi connectivity index (χ4v) is 5.26. The SMILES string of the molecule is CNCc1cn(S(=O)(=O)c2cccc(Cl)c2)c2cc(Nc3ccc(F)cc3Cl)ccc12.Cl. The lowest BCUT2D eigenvalue weighted by Gasteiger charge is -2.11. The van der Waals surface area contributed by atoms with Crippen molar-refractivity contribution in [3.8, 4) is 0 Å². The van der Waals surface area contributed by atoms with E-state index in [2.05, 4.69) is 10.6 Å². The van der Waals surface area contributed by atoms with Gasteiger partial charge in [0.2, 0.25) is 0 Å². The van der Waals surface area contributed by atoms with Crippen molar-refractivity contribution < 1.29 is 12.8 Å². The Morgan fingerprint density at radius 2 is 1.81 bits per heavy atom. The van der Waals surface area contributed by atoms with Crippen LogP contribution in [0.15, 0.2) is 71.8 Å². The van der Waals surface area contributed by atoms with Gasteiger partial charge in [-0.05, 0) is 61.1 Å². The molecule has 0 spiro atoms. The van der Waals surface area contributed by atoms with Gasteiger partial charge in [0.25, 0.3) is 10.0 Å². The first-order chi connectivity index (χ1) is 14.8. The van der Waals surface area contributed by atoms with Crippen molar-refractivity contribution >= 4 is 67.9 Å². The normalized spacial score (nSPS) is 11.4. The Kier molecular flexibility index (Phi) is 7.37. The van der Waals surface area contributed by atoms with Crippen LogP contribution >= 0.6 is 35.6 Å². The van der Waals surface area contributed by atoms with Crippen LogP contribution in [0.5, 0.6) is 0 Å². The summed E-state index contributed by atoms with van der Waals surface area (Å²) in [6.45, 7) is 0.491. The first-order valence-electron chi connectivity index (χ1n) is 9.31. The Balaban J connectivity index is 0.00000289. The minimum Gasteiger partial charge on any atom is -0.354 e. The van der Waals surface area contributed by atoms with Crippen LogP contribution in [0.3, 0.4) is 0 Å². The number of fused-ring (bicyclic) bond motifs is 1. The predicted octanol–water partition coefficient (Wildman–Crippen LogP) is 6.21. The average molecular weight is 515 g/mol. The first-order valence-corrected chi connectivity index (χ1v) is 11.5. The van der Waals surface area contributed by atoms with Crippen molar-refractivity contribution in [2.75, 3.05) is 12.4 Å². The van der Waals surface area contributed by atoms with E-state index in [1.54, 1.807) is 31.4 Å². The molecular formula is C22H19Cl3FN3O2S. The molecule has 0 aliphatic carbocycles. The molecule has 4 aromatic rings. The third-order valence-corrected chi connectivity index (χ3v) is 7.00. The van der Waals surface area contributed by atoms with Crippen molar-refractivity contribution in [1.29, 1.82) is 0 Å². The standard InChI is InChI=1S/C22H18Cl2FN3O2S.ClH/c1-26-12-14-13-28(31(29,30)18-4-2-3-15(23)9-18)22-11-17(6-7-19(14)22)27-21-8-5-16(25)10-20(21)24;/h2-11,13,26-27H,12H2,1H3;1H. The molecule has 5 nitrogen and oxygen atoms in total.